The molecule has 0 bridgehead atoms. The van der Waals surface area contributed by atoms with Crippen LogP contribution in [0.4, 0.5) is 10.5 Å². The molecule has 0 heterocycles. The second kappa shape index (κ2) is 21.7. The zero-order chi connectivity index (χ0) is 35.8. The van der Waals surface area contributed by atoms with Crippen LogP contribution in [-0.4, -0.2) is 146 Å². The molecule has 0 radical (unpaired) electrons. The summed E-state index contributed by atoms with van der Waals surface area (Å²) in [7, 11) is 0. The van der Waals surface area contributed by atoms with Gasteiger partial charge in [-0.05, 0) is 41.8 Å². The van der Waals surface area contributed by atoms with Crippen molar-refractivity contribution in [2.75, 3.05) is 57.7 Å². The first kappa shape index (κ1) is 42.8. The second-order valence-corrected chi connectivity index (χ2v) is 10.6. The summed E-state index contributed by atoms with van der Waals surface area (Å²) in [6, 6.07) is 10.2. The van der Waals surface area contributed by atoms with Crippen LogP contribution in [0.2, 0.25) is 0 Å². The Morgan fingerprint density at radius 1 is 0.592 bits per heavy atom. The van der Waals surface area contributed by atoms with Crippen LogP contribution < -0.4 is 10.6 Å². The molecule has 0 saturated heterocycles. The first-order valence-corrected chi connectivity index (χ1v) is 14.4. The average molecular weight is 833 g/mol. The Kier molecular flexibility index (Phi) is 18.9. The maximum Gasteiger partial charge on any atom is 0.335 e. The number of anilines is 1. The molecule has 0 saturated carbocycles. The minimum absolute atomic E-state index is 0. The largest absolute Gasteiger partial charge is 0.480 e. The molecule has 0 spiro atoms. The molecule has 18 nitrogen and oxygen atoms in total. The predicted molar refractivity (Wildman–Crippen MR) is 166 cm³/mol. The van der Waals surface area contributed by atoms with Gasteiger partial charge in [-0.2, -0.15) is 0 Å². The van der Waals surface area contributed by atoms with E-state index in [1.54, 1.807) is 24.3 Å². The number of nitrogens with one attached hydrogen (secondary N) is 2. The molecule has 0 fully saturated rings. The SMILES string of the molecule is O=C(O)CN(CCN(CC(=O)O)CC(=O)O)CCN(CC(=O)O)C(Cc1ccc(NC(=O)NCc2ccc(C(=O)O)cc2)cc1)C(=O)O.[Gd]. The number of carbonyl (C=O) groups is 7. The van der Waals surface area contributed by atoms with Crippen LogP contribution in [-0.2, 0) is 36.9 Å². The molecule has 2 amide bonds. The Morgan fingerprint density at radius 3 is 1.55 bits per heavy atom. The number of carboxylic acids is 6. The van der Waals surface area contributed by atoms with E-state index < -0.39 is 74.1 Å². The normalized spacial score (nSPS) is 11.4. The van der Waals surface area contributed by atoms with Gasteiger partial charge in [0.1, 0.15) is 6.04 Å². The summed E-state index contributed by atoms with van der Waals surface area (Å²) in [5, 5.41) is 61.1. The number of hydrogen-bond donors (Lipinski definition) is 8. The van der Waals surface area contributed by atoms with E-state index in [1.165, 1.54) is 29.2 Å². The topological polar surface area (TPSA) is 275 Å². The van der Waals surface area contributed by atoms with Gasteiger partial charge in [0.25, 0.3) is 0 Å². The average Bonchev–Trinajstić information content (AvgIpc) is 2.99. The van der Waals surface area contributed by atoms with E-state index in [0.717, 1.165) is 9.80 Å². The number of hydrogen-bond acceptors (Lipinski definition) is 10. The number of aromatic carboxylic acids is 1. The van der Waals surface area contributed by atoms with Gasteiger partial charge in [-0.1, -0.05) is 24.3 Å². The van der Waals surface area contributed by atoms with Crippen molar-refractivity contribution >= 4 is 47.5 Å². The molecule has 2 aromatic rings. The fourth-order valence-electron chi connectivity index (χ4n) is 4.57. The zero-order valence-electron chi connectivity index (χ0n) is 26.0. The molecule has 0 aliphatic rings. The smallest absolute Gasteiger partial charge is 0.335 e. The summed E-state index contributed by atoms with van der Waals surface area (Å²) in [5.41, 5.74) is 1.63. The number of rotatable bonds is 22. The minimum atomic E-state index is -1.35. The third-order valence-corrected chi connectivity index (χ3v) is 6.87. The summed E-state index contributed by atoms with van der Waals surface area (Å²) in [6.45, 7) is -2.89. The number of nitrogens with zero attached hydrogens (tertiary/aromatic N) is 3. The summed E-state index contributed by atoms with van der Waals surface area (Å²) < 4.78 is 0. The first-order chi connectivity index (χ1) is 22.6. The Morgan fingerprint density at radius 2 is 1.06 bits per heavy atom. The summed E-state index contributed by atoms with van der Waals surface area (Å²) in [4.78, 5) is 84.4. The van der Waals surface area contributed by atoms with Crippen molar-refractivity contribution in [2.45, 2.75) is 19.0 Å². The number of carboxylic acid groups (broad SMARTS) is 6. The number of carbonyl (C=O) groups excluding carboxylic acids is 1. The van der Waals surface area contributed by atoms with Crippen LogP contribution in [0.1, 0.15) is 21.5 Å². The second-order valence-electron chi connectivity index (χ2n) is 10.6. The van der Waals surface area contributed by atoms with E-state index in [-0.39, 0.29) is 84.6 Å². The number of urea groups is 1. The molecular formula is C30H37GdN5O13. The van der Waals surface area contributed by atoms with Gasteiger partial charge < -0.3 is 41.3 Å². The Bertz CT molecular complexity index is 1440. The van der Waals surface area contributed by atoms with Crippen molar-refractivity contribution in [2.24, 2.45) is 0 Å². The third kappa shape index (κ3) is 17.1. The molecule has 1 atom stereocenters. The van der Waals surface area contributed by atoms with E-state index in [0.29, 0.717) is 16.8 Å². The number of amides is 2. The van der Waals surface area contributed by atoms with Gasteiger partial charge in [-0.15, -0.1) is 0 Å². The fraction of sp³-hybridized carbons (Fsp3) is 0.367. The van der Waals surface area contributed by atoms with Gasteiger partial charge in [0.05, 0.1) is 31.7 Å². The maximum atomic E-state index is 12.3. The van der Waals surface area contributed by atoms with Gasteiger partial charge in [0.15, 0.2) is 0 Å². The van der Waals surface area contributed by atoms with Crippen molar-refractivity contribution in [1.29, 1.82) is 0 Å². The van der Waals surface area contributed by atoms with E-state index in [4.69, 9.17) is 15.3 Å². The fourth-order valence-corrected chi connectivity index (χ4v) is 4.57. The van der Waals surface area contributed by atoms with Crippen molar-refractivity contribution in [3.05, 3.63) is 65.2 Å². The van der Waals surface area contributed by atoms with Crippen molar-refractivity contribution in [3.8, 4) is 0 Å². The zero-order valence-corrected chi connectivity index (χ0v) is 28.3. The molecule has 19 heteroatoms. The van der Waals surface area contributed by atoms with Gasteiger partial charge in [-0.3, -0.25) is 38.7 Å². The molecule has 49 heavy (non-hydrogen) atoms. The number of aliphatic carboxylic acids is 5. The number of benzene rings is 2. The van der Waals surface area contributed by atoms with E-state index in [9.17, 15) is 48.9 Å². The van der Waals surface area contributed by atoms with Gasteiger partial charge in [0.2, 0.25) is 0 Å². The van der Waals surface area contributed by atoms with Crippen LogP contribution >= 0.6 is 0 Å². The van der Waals surface area contributed by atoms with Crippen LogP contribution in [0.15, 0.2) is 48.5 Å². The summed E-state index contributed by atoms with van der Waals surface area (Å²) in [6.07, 6.45) is -0.147. The predicted octanol–water partition coefficient (Wildman–Crippen LogP) is -0.0534. The van der Waals surface area contributed by atoms with E-state index >= 15 is 0 Å². The van der Waals surface area contributed by atoms with E-state index in [2.05, 4.69) is 10.6 Å². The minimum Gasteiger partial charge on any atom is -0.480 e. The molecule has 0 aromatic heterocycles. The third-order valence-electron chi connectivity index (χ3n) is 6.87. The van der Waals surface area contributed by atoms with Crippen LogP contribution in [0.25, 0.3) is 0 Å². The van der Waals surface area contributed by atoms with Gasteiger partial charge >= 0.3 is 41.8 Å². The molecule has 2 rings (SSSR count). The quantitative estimate of drug-likeness (QED) is 0.0772. The standard InChI is InChI=1S/C30H37N5O13.Gd/c36-24(37)15-33(9-10-34(16-25(38)39)17-26(40)41)11-12-35(18-27(42)43)23(29(46)47)13-19-3-7-22(8-4-19)32-30(48)31-14-20-1-5-21(6-2-20)28(44)45;/h1-8,23H,9-18H2,(H,36,37)(H,38,39)(H,40,41)(H,42,43)(H,44,45)(H,46,47)(H2,31,32,48);. The Hall–Kier alpha value is -4.27. The van der Waals surface area contributed by atoms with Crippen LogP contribution in [0.3, 0.4) is 0 Å². The summed E-state index contributed by atoms with van der Waals surface area (Å²) >= 11 is 0. The van der Waals surface area contributed by atoms with Crippen molar-refractivity contribution in [3.63, 3.8) is 0 Å². The molecular weight excluding hydrogens is 796 g/mol. The van der Waals surface area contributed by atoms with Crippen LogP contribution in [0, 0.1) is 39.9 Å². The Balaban J connectivity index is 0.0000120. The monoisotopic (exact) mass is 833 g/mol. The van der Waals surface area contributed by atoms with Crippen LogP contribution in [0.5, 0.6) is 0 Å². The summed E-state index contributed by atoms with van der Waals surface area (Å²) in [5.74, 6) is -7.57. The Labute approximate surface area is 312 Å². The van der Waals surface area contributed by atoms with Crippen molar-refractivity contribution < 1.29 is 104 Å². The van der Waals surface area contributed by atoms with Crippen molar-refractivity contribution in [1.82, 2.24) is 20.0 Å². The molecule has 0 aliphatic carbocycles. The molecule has 0 aliphatic heterocycles. The molecule has 1 unspecified atom stereocenters. The van der Waals surface area contributed by atoms with Gasteiger partial charge in [0, 0.05) is 78.4 Å². The molecule has 2 aromatic carbocycles. The van der Waals surface area contributed by atoms with Gasteiger partial charge in [-0.25, -0.2) is 9.59 Å². The first-order valence-electron chi connectivity index (χ1n) is 14.4. The molecule has 8 N–H and O–H groups in total. The van der Waals surface area contributed by atoms with E-state index in [1.807, 2.05) is 0 Å². The maximum absolute atomic E-state index is 12.3. The molecule has 268 valence electrons.